The summed E-state index contributed by atoms with van der Waals surface area (Å²) in [6.45, 7) is 0.658. The number of benzene rings is 1. The molecule has 7 nitrogen and oxygen atoms in total. The van der Waals surface area contributed by atoms with E-state index >= 15 is 0 Å². The second-order valence-electron chi connectivity index (χ2n) is 4.80. The van der Waals surface area contributed by atoms with Gasteiger partial charge in [0, 0.05) is 18.4 Å². The number of nitrogens with one attached hydrogen (secondary N) is 1. The molecule has 9 heteroatoms. The van der Waals surface area contributed by atoms with Crippen molar-refractivity contribution in [3.05, 3.63) is 35.2 Å². The fourth-order valence-electron chi connectivity index (χ4n) is 2.06. The molecule has 2 aromatic rings. The van der Waals surface area contributed by atoms with Gasteiger partial charge in [-0.2, -0.15) is 0 Å². The van der Waals surface area contributed by atoms with Gasteiger partial charge in [0.2, 0.25) is 0 Å². The van der Waals surface area contributed by atoms with Gasteiger partial charge in [-0.3, -0.25) is 0 Å². The average molecular weight is 373 g/mol. The molecule has 1 aromatic heterocycles. The molecule has 0 saturated heterocycles. The lowest BCUT2D eigenvalue weighted by Gasteiger charge is -2.10. The largest absolute Gasteiger partial charge is 0.496 e. The zero-order valence-corrected chi connectivity index (χ0v) is 15.7. The highest BCUT2D eigenvalue weighted by molar-refractivity contribution is 7.98. The van der Waals surface area contributed by atoms with Gasteiger partial charge >= 0.3 is 5.97 Å². The zero-order chi connectivity index (χ0) is 16.8. The van der Waals surface area contributed by atoms with Gasteiger partial charge in [-0.05, 0) is 25.2 Å². The Balaban J connectivity index is 0.00000288. The number of carbonyl (C=O) groups is 1. The number of nitrogens with zero attached hydrogens (tertiary/aromatic N) is 3. The lowest BCUT2D eigenvalue weighted by atomic mass is 10.1. The van der Waals surface area contributed by atoms with Crippen LogP contribution >= 0.6 is 24.2 Å². The number of carbonyl (C=O) groups excluding carboxylic acids is 1. The summed E-state index contributed by atoms with van der Waals surface area (Å²) in [5, 5.41) is 12.2. The molecule has 1 aromatic carbocycles. The highest BCUT2D eigenvalue weighted by atomic mass is 35.5. The Labute approximate surface area is 151 Å². The number of methoxy groups -OCH3 is 2. The van der Waals surface area contributed by atoms with Crippen molar-refractivity contribution < 1.29 is 14.3 Å². The van der Waals surface area contributed by atoms with Crippen molar-refractivity contribution in [3.63, 3.8) is 0 Å². The minimum Gasteiger partial charge on any atom is -0.496 e. The van der Waals surface area contributed by atoms with Crippen LogP contribution < -0.4 is 10.1 Å². The first-order valence-electron chi connectivity index (χ1n) is 7.01. The fraction of sp³-hybridized carbons (Fsp3) is 0.400. The van der Waals surface area contributed by atoms with Crippen molar-refractivity contribution >= 4 is 30.1 Å². The number of rotatable bonds is 7. The van der Waals surface area contributed by atoms with Crippen molar-refractivity contribution in [2.45, 2.75) is 17.5 Å². The molecule has 0 radical (unpaired) electrons. The van der Waals surface area contributed by atoms with Gasteiger partial charge in [0.15, 0.2) is 5.16 Å². The number of thioether (sulfide) groups is 1. The summed E-state index contributed by atoms with van der Waals surface area (Å²) in [7, 11) is 6.76. The van der Waals surface area contributed by atoms with E-state index in [2.05, 4.69) is 15.5 Å². The molecule has 0 amide bonds. The second kappa shape index (κ2) is 9.51. The van der Waals surface area contributed by atoms with Gasteiger partial charge < -0.3 is 19.4 Å². The van der Waals surface area contributed by atoms with Gasteiger partial charge in [-0.1, -0.05) is 11.8 Å². The topological polar surface area (TPSA) is 78.3 Å². The van der Waals surface area contributed by atoms with Crippen molar-refractivity contribution in [1.29, 1.82) is 0 Å². The van der Waals surface area contributed by atoms with E-state index in [0.717, 1.165) is 22.3 Å². The molecule has 1 N–H and O–H groups in total. The van der Waals surface area contributed by atoms with E-state index in [0.29, 0.717) is 17.9 Å². The minimum absolute atomic E-state index is 0. The van der Waals surface area contributed by atoms with Gasteiger partial charge in [0.25, 0.3) is 0 Å². The van der Waals surface area contributed by atoms with E-state index in [-0.39, 0.29) is 18.4 Å². The molecular formula is C15H21ClN4O3S. The highest BCUT2D eigenvalue weighted by Crippen LogP contribution is 2.28. The molecule has 0 fully saturated rings. The van der Waals surface area contributed by atoms with Crippen LogP contribution in [0.3, 0.4) is 0 Å². The molecular weight excluding hydrogens is 352 g/mol. The highest BCUT2D eigenvalue weighted by Gasteiger charge is 2.13. The molecule has 0 unspecified atom stereocenters. The third kappa shape index (κ3) is 4.62. The maximum absolute atomic E-state index is 11.7. The quantitative estimate of drug-likeness (QED) is 0.588. The van der Waals surface area contributed by atoms with Crippen molar-refractivity contribution in [2.24, 2.45) is 7.05 Å². The van der Waals surface area contributed by atoms with E-state index in [1.54, 1.807) is 25.3 Å². The van der Waals surface area contributed by atoms with E-state index < -0.39 is 0 Å². The van der Waals surface area contributed by atoms with Gasteiger partial charge in [0.05, 0.1) is 26.3 Å². The summed E-state index contributed by atoms with van der Waals surface area (Å²) >= 11 is 1.53. The number of ether oxygens (including phenoxy) is 2. The summed E-state index contributed by atoms with van der Waals surface area (Å²) in [5.41, 5.74) is 1.40. The molecule has 0 aliphatic heterocycles. The lowest BCUT2D eigenvalue weighted by molar-refractivity contribution is 0.0600. The molecule has 24 heavy (non-hydrogen) atoms. The molecule has 0 atom stereocenters. The monoisotopic (exact) mass is 372 g/mol. The minimum atomic E-state index is -0.367. The lowest BCUT2D eigenvalue weighted by Crippen LogP contribution is -2.10. The van der Waals surface area contributed by atoms with Crippen molar-refractivity contribution in [3.8, 4) is 5.75 Å². The number of halogens is 1. The SMILES string of the molecule is CNCc1nnc(SCc2cc(C(=O)OC)ccc2OC)n1C.Cl. The van der Waals surface area contributed by atoms with E-state index in [1.165, 1.54) is 18.9 Å². The number of esters is 1. The number of hydrogen-bond acceptors (Lipinski definition) is 7. The van der Waals surface area contributed by atoms with Gasteiger partial charge in [-0.25, -0.2) is 4.79 Å². The molecule has 2 rings (SSSR count). The third-order valence-corrected chi connectivity index (χ3v) is 4.39. The van der Waals surface area contributed by atoms with E-state index in [1.807, 2.05) is 18.7 Å². The van der Waals surface area contributed by atoms with Crippen LogP contribution in [0.2, 0.25) is 0 Å². The molecule has 0 bridgehead atoms. The van der Waals surface area contributed by atoms with Crippen molar-refractivity contribution in [2.75, 3.05) is 21.3 Å². The van der Waals surface area contributed by atoms with Crippen molar-refractivity contribution in [1.82, 2.24) is 20.1 Å². The summed E-state index contributed by atoms with van der Waals surface area (Å²) in [5.74, 6) is 1.83. The predicted octanol–water partition coefficient (Wildman–Crippen LogP) is 2.04. The maximum atomic E-state index is 11.7. The Kier molecular flexibility index (Phi) is 8.03. The zero-order valence-electron chi connectivity index (χ0n) is 14.0. The van der Waals surface area contributed by atoms with Crippen LogP contribution in [-0.4, -0.2) is 42.0 Å². The first-order chi connectivity index (χ1) is 11.1. The second-order valence-corrected chi connectivity index (χ2v) is 5.74. The molecule has 0 aliphatic carbocycles. The first kappa shape index (κ1) is 20.3. The molecule has 0 aliphatic rings. The van der Waals surface area contributed by atoms with Crippen LogP contribution in [0.5, 0.6) is 5.75 Å². The number of aromatic nitrogens is 3. The van der Waals surface area contributed by atoms with Crippen LogP contribution in [0.1, 0.15) is 21.7 Å². The van der Waals surface area contributed by atoms with E-state index in [4.69, 9.17) is 9.47 Å². The third-order valence-electron chi connectivity index (χ3n) is 3.32. The first-order valence-corrected chi connectivity index (χ1v) is 8.00. The Hall–Kier alpha value is -1.77. The molecule has 0 saturated carbocycles. The Bertz CT molecular complexity index is 693. The van der Waals surface area contributed by atoms with Gasteiger partial charge in [-0.15, -0.1) is 22.6 Å². The fourth-order valence-corrected chi connectivity index (χ4v) is 2.97. The van der Waals surface area contributed by atoms with Crippen LogP contribution in [0, 0.1) is 0 Å². The summed E-state index contributed by atoms with van der Waals surface area (Å²) in [6, 6.07) is 5.24. The maximum Gasteiger partial charge on any atom is 0.337 e. The molecule has 1 heterocycles. The average Bonchev–Trinajstić information content (AvgIpc) is 2.92. The van der Waals surface area contributed by atoms with Crippen LogP contribution in [0.15, 0.2) is 23.4 Å². The van der Waals surface area contributed by atoms with E-state index in [9.17, 15) is 4.79 Å². The normalized spacial score (nSPS) is 10.2. The van der Waals surface area contributed by atoms with Crippen LogP contribution in [0.25, 0.3) is 0 Å². The summed E-state index contributed by atoms with van der Waals surface area (Å²) in [4.78, 5) is 11.7. The smallest absolute Gasteiger partial charge is 0.337 e. The van der Waals surface area contributed by atoms with Gasteiger partial charge in [0.1, 0.15) is 11.6 Å². The Morgan fingerprint density at radius 1 is 1.33 bits per heavy atom. The molecule has 132 valence electrons. The Morgan fingerprint density at radius 3 is 2.71 bits per heavy atom. The van der Waals surface area contributed by atoms with Crippen LogP contribution in [0.4, 0.5) is 0 Å². The summed E-state index contributed by atoms with van der Waals surface area (Å²) in [6.07, 6.45) is 0. The summed E-state index contributed by atoms with van der Waals surface area (Å²) < 4.78 is 12.1. The Morgan fingerprint density at radius 2 is 2.08 bits per heavy atom. The standard InChI is InChI=1S/C15H20N4O3S.ClH/c1-16-8-13-17-18-15(19(13)2)23-9-11-7-10(14(20)22-4)5-6-12(11)21-3;/h5-7,16H,8-9H2,1-4H3;1H. The number of hydrogen-bond donors (Lipinski definition) is 1. The van der Waals surface area contributed by atoms with Crippen LogP contribution in [-0.2, 0) is 24.1 Å². The molecule has 0 spiro atoms. The predicted molar refractivity (Wildman–Crippen MR) is 94.9 cm³/mol.